The van der Waals surface area contributed by atoms with E-state index >= 15 is 0 Å². The quantitative estimate of drug-likeness (QED) is 0.587. The number of fused-ring (bicyclic) bond motifs is 1. The molecule has 0 aliphatic heterocycles. The molecule has 0 atom stereocenters. The van der Waals surface area contributed by atoms with Gasteiger partial charge in [-0.1, -0.05) is 56.2 Å². The molecule has 1 aromatic rings. The molecule has 0 bridgehead atoms. The summed E-state index contributed by atoms with van der Waals surface area (Å²) in [5.41, 5.74) is 1.36. The molecule has 0 aromatic heterocycles. The molecule has 0 spiro atoms. The molecule has 0 heterocycles. The van der Waals surface area contributed by atoms with Crippen LogP contribution in [0.2, 0.25) is 0 Å². The molecule has 0 radical (unpaired) electrons. The van der Waals surface area contributed by atoms with Gasteiger partial charge in [0, 0.05) is 0 Å². The standard InChI is InChI=1S/C11H12.C3H8/c1-9-6-7-10-4-2-3-5-11(10)8-9;1-3-2/h4-8H,2-3H2,1H3;3H2,1-2H3. The second kappa shape index (κ2) is 5.64. The van der Waals surface area contributed by atoms with Crippen molar-refractivity contribution in [1.29, 1.82) is 0 Å². The maximum absolute atomic E-state index is 2.32. The second-order valence-electron chi connectivity index (χ2n) is 3.83. The Morgan fingerprint density at radius 1 is 1.00 bits per heavy atom. The van der Waals surface area contributed by atoms with Gasteiger partial charge in [-0.15, -0.1) is 0 Å². The molecule has 14 heavy (non-hydrogen) atoms. The van der Waals surface area contributed by atoms with Gasteiger partial charge in [0.25, 0.3) is 0 Å². The predicted octanol–water partition coefficient (Wildman–Crippen LogP) is 2.77. The van der Waals surface area contributed by atoms with Gasteiger partial charge in [0.05, 0.1) is 0 Å². The normalized spacial score (nSPS) is 12.8. The molecule has 0 amide bonds. The van der Waals surface area contributed by atoms with Crippen molar-refractivity contribution in [3.8, 4) is 0 Å². The van der Waals surface area contributed by atoms with Crippen LogP contribution in [0, 0.1) is 6.92 Å². The number of hydrogen-bond donors (Lipinski definition) is 0. The van der Waals surface area contributed by atoms with Crippen LogP contribution in [0.4, 0.5) is 0 Å². The fourth-order valence-corrected chi connectivity index (χ4v) is 1.53. The summed E-state index contributed by atoms with van der Waals surface area (Å²) in [5, 5.41) is 2.82. The van der Waals surface area contributed by atoms with Gasteiger partial charge in [-0.3, -0.25) is 0 Å². The van der Waals surface area contributed by atoms with Gasteiger partial charge >= 0.3 is 0 Å². The topological polar surface area (TPSA) is 0 Å². The van der Waals surface area contributed by atoms with Crippen molar-refractivity contribution < 1.29 is 0 Å². The van der Waals surface area contributed by atoms with Crippen LogP contribution in [0.1, 0.15) is 38.7 Å². The van der Waals surface area contributed by atoms with E-state index in [0.717, 1.165) is 0 Å². The zero-order chi connectivity index (χ0) is 10.4. The van der Waals surface area contributed by atoms with Crippen molar-refractivity contribution >= 4 is 12.2 Å². The highest BCUT2D eigenvalue weighted by Gasteiger charge is 1.91. The third kappa shape index (κ3) is 3.02. The summed E-state index contributed by atoms with van der Waals surface area (Å²) in [7, 11) is 0. The summed E-state index contributed by atoms with van der Waals surface area (Å²) in [4.78, 5) is 0. The molecule has 1 aromatic carbocycles. The Labute approximate surface area is 87.0 Å². The van der Waals surface area contributed by atoms with E-state index in [4.69, 9.17) is 0 Å². The molecular formula is C14H20. The smallest absolute Gasteiger partial charge is 0.0224 e. The van der Waals surface area contributed by atoms with E-state index in [1.54, 1.807) is 0 Å². The molecule has 0 saturated carbocycles. The molecule has 0 saturated heterocycles. The second-order valence-corrected chi connectivity index (χ2v) is 3.83. The first-order chi connectivity index (χ1) is 6.77. The lowest BCUT2D eigenvalue weighted by atomic mass is 10.1. The number of hydrogen-bond acceptors (Lipinski definition) is 0. The van der Waals surface area contributed by atoms with E-state index in [1.807, 2.05) is 0 Å². The summed E-state index contributed by atoms with van der Waals surface area (Å²) in [6.07, 6.45) is 8.30. The molecule has 0 N–H and O–H groups in total. The lowest BCUT2D eigenvalue weighted by Gasteiger charge is -1.99. The molecule has 0 nitrogen and oxygen atoms in total. The lowest BCUT2D eigenvalue weighted by molar-refractivity contribution is 1.09. The van der Waals surface area contributed by atoms with Crippen molar-refractivity contribution in [1.82, 2.24) is 0 Å². The highest BCUT2D eigenvalue weighted by Crippen LogP contribution is 1.96. The minimum atomic E-state index is 1.20. The highest BCUT2D eigenvalue weighted by molar-refractivity contribution is 5.39. The third-order valence-electron chi connectivity index (χ3n) is 2.14. The predicted molar refractivity (Wildman–Crippen MR) is 64.6 cm³/mol. The maximum atomic E-state index is 2.32. The van der Waals surface area contributed by atoms with Gasteiger partial charge in [-0.05, 0) is 30.2 Å². The van der Waals surface area contributed by atoms with Crippen LogP contribution in [-0.2, 0) is 0 Å². The molecule has 1 aliphatic rings. The zero-order valence-corrected chi connectivity index (χ0v) is 9.51. The van der Waals surface area contributed by atoms with E-state index in [2.05, 4.69) is 51.1 Å². The molecular weight excluding hydrogens is 168 g/mol. The Balaban J connectivity index is 0.000000293. The molecule has 0 fully saturated rings. The van der Waals surface area contributed by atoms with E-state index in [0.29, 0.717) is 0 Å². The van der Waals surface area contributed by atoms with E-state index in [9.17, 15) is 0 Å². The van der Waals surface area contributed by atoms with Gasteiger partial charge in [-0.2, -0.15) is 0 Å². The summed E-state index contributed by atoms with van der Waals surface area (Å²) >= 11 is 0. The van der Waals surface area contributed by atoms with Gasteiger partial charge in [0.1, 0.15) is 0 Å². The van der Waals surface area contributed by atoms with Gasteiger partial charge < -0.3 is 0 Å². The van der Waals surface area contributed by atoms with Crippen molar-refractivity contribution in [3.63, 3.8) is 0 Å². The van der Waals surface area contributed by atoms with Crippen LogP contribution < -0.4 is 10.4 Å². The fraction of sp³-hybridized carbons (Fsp3) is 0.429. The van der Waals surface area contributed by atoms with Crippen molar-refractivity contribution in [3.05, 3.63) is 34.2 Å². The van der Waals surface area contributed by atoms with Crippen LogP contribution in [0.5, 0.6) is 0 Å². The first-order valence-electron chi connectivity index (χ1n) is 5.55. The molecule has 1 aliphatic carbocycles. The minimum Gasteiger partial charge on any atom is -0.0764 e. The summed E-state index contributed by atoms with van der Waals surface area (Å²) in [6, 6.07) is 6.64. The largest absolute Gasteiger partial charge is 0.0764 e. The van der Waals surface area contributed by atoms with Crippen molar-refractivity contribution in [2.75, 3.05) is 0 Å². The minimum absolute atomic E-state index is 1.20. The summed E-state index contributed by atoms with van der Waals surface area (Å²) < 4.78 is 0. The monoisotopic (exact) mass is 188 g/mol. The Morgan fingerprint density at radius 2 is 1.57 bits per heavy atom. The maximum Gasteiger partial charge on any atom is -0.0224 e. The first kappa shape index (κ1) is 11.0. The van der Waals surface area contributed by atoms with E-state index in [1.165, 1.54) is 35.3 Å². The average molecular weight is 188 g/mol. The third-order valence-corrected chi connectivity index (χ3v) is 2.14. The van der Waals surface area contributed by atoms with Crippen LogP contribution in [0.3, 0.4) is 0 Å². The van der Waals surface area contributed by atoms with E-state index < -0.39 is 0 Å². The Bertz CT molecular complexity index is 385. The summed E-state index contributed by atoms with van der Waals surface area (Å²) in [6.45, 7) is 6.39. The van der Waals surface area contributed by atoms with Crippen LogP contribution >= 0.6 is 0 Å². The Hall–Kier alpha value is -1.04. The van der Waals surface area contributed by atoms with Crippen LogP contribution in [0.25, 0.3) is 12.2 Å². The Kier molecular flexibility index (Phi) is 4.45. The van der Waals surface area contributed by atoms with E-state index in [-0.39, 0.29) is 0 Å². The number of benzene rings is 1. The molecule has 2 rings (SSSR count). The fourth-order valence-electron chi connectivity index (χ4n) is 1.53. The molecule has 76 valence electrons. The first-order valence-corrected chi connectivity index (χ1v) is 5.55. The SMILES string of the molecule is CCC.Cc1ccc2c(c1)=CCCC=2. The summed E-state index contributed by atoms with van der Waals surface area (Å²) in [5.74, 6) is 0. The lowest BCUT2D eigenvalue weighted by Crippen LogP contribution is -2.26. The van der Waals surface area contributed by atoms with Crippen LogP contribution in [0.15, 0.2) is 18.2 Å². The molecule has 0 unspecified atom stereocenters. The Morgan fingerprint density at radius 3 is 2.21 bits per heavy atom. The number of rotatable bonds is 0. The van der Waals surface area contributed by atoms with Gasteiger partial charge in [0.15, 0.2) is 0 Å². The zero-order valence-electron chi connectivity index (χ0n) is 9.51. The number of aryl methyl sites for hydroxylation is 1. The van der Waals surface area contributed by atoms with Crippen molar-refractivity contribution in [2.45, 2.75) is 40.0 Å². The van der Waals surface area contributed by atoms with Gasteiger partial charge in [0.2, 0.25) is 0 Å². The van der Waals surface area contributed by atoms with Crippen LogP contribution in [-0.4, -0.2) is 0 Å². The molecule has 0 heteroatoms. The average Bonchev–Trinajstić information content (AvgIpc) is 2.19. The van der Waals surface area contributed by atoms with Gasteiger partial charge in [-0.25, -0.2) is 0 Å². The highest BCUT2D eigenvalue weighted by atomic mass is 14.0. The van der Waals surface area contributed by atoms with Crippen molar-refractivity contribution in [2.24, 2.45) is 0 Å².